The van der Waals surface area contributed by atoms with Crippen molar-refractivity contribution in [2.75, 3.05) is 0 Å². The third-order valence-corrected chi connectivity index (χ3v) is 2.33. The van der Waals surface area contributed by atoms with Gasteiger partial charge in [-0.2, -0.15) is 0 Å². The lowest BCUT2D eigenvalue weighted by atomic mass is 9.96. The van der Waals surface area contributed by atoms with Gasteiger partial charge in [-0.25, -0.2) is 0 Å². The summed E-state index contributed by atoms with van der Waals surface area (Å²) in [5.41, 5.74) is 9.75. The number of rotatable bonds is 7. The van der Waals surface area contributed by atoms with Crippen molar-refractivity contribution in [2.24, 2.45) is 11.5 Å². The maximum absolute atomic E-state index is 9.41. The van der Waals surface area contributed by atoms with Crippen LogP contribution in [0.2, 0.25) is 0 Å². The highest BCUT2D eigenvalue weighted by Crippen LogP contribution is 2.11. The molecule has 0 bridgehead atoms. The van der Waals surface area contributed by atoms with Crippen LogP contribution in [0.15, 0.2) is 0 Å². The van der Waals surface area contributed by atoms with Crippen molar-refractivity contribution < 1.29 is 30.6 Å². The molecule has 106 valence electrons. The lowest BCUT2D eigenvalue weighted by Crippen LogP contribution is -2.56. The molecule has 6 atom stereocenters. The van der Waals surface area contributed by atoms with Crippen molar-refractivity contribution in [1.82, 2.24) is 0 Å². The smallest absolute Gasteiger partial charge is 0.139 e. The van der Waals surface area contributed by atoms with Crippen molar-refractivity contribution in [3.8, 4) is 0 Å². The maximum Gasteiger partial charge on any atom is 0.139 e. The molecule has 0 aliphatic carbocycles. The molecule has 10 nitrogen and oxygen atoms in total. The largest absolute Gasteiger partial charge is 0.387 e. The van der Waals surface area contributed by atoms with Crippen LogP contribution < -0.4 is 11.5 Å². The van der Waals surface area contributed by atoms with Crippen molar-refractivity contribution in [3.63, 3.8) is 0 Å². The third-order valence-electron chi connectivity index (χ3n) is 2.33. The molecule has 0 radical (unpaired) electrons. The van der Waals surface area contributed by atoms with Gasteiger partial charge in [0.1, 0.15) is 48.3 Å². The van der Waals surface area contributed by atoms with E-state index in [-0.39, 0.29) is 0 Å². The molecule has 0 heterocycles. The average molecular weight is 266 g/mol. The summed E-state index contributed by atoms with van der Waals surface area (Å²) < 4.78 is 0. The second kappa shape index (κ2) is 6.58. The van der Waals surface area contributed by atoms with Crippen LogP contribution in [-0.4, -0.2) is 78.9 Å². The van der Waals surface area contributed by atoms with Crippen LogP contribution in [-0.2, 0) is 0 Å². The highest BCUT2D eigenvalue weighted by atomic mass is 16.4. The summed E-state index contributed by atoms with van der Waals surface area (Å²) >= 11 is 0. The van der Waals surface area contributed by atoms with E-state index in [1.54, 1.807) is 0 Å². The van der Waals surface area contributed by atoms with Gasteiger partial charge < -0.3 is 42.1 Å². The molecular formula is C8H18N4O6. The van der Waals surface area contributed by atoms with Crippen LogP contribution in [0.1, 0.15) is 0 Å². The minimum atomic E-state index is -2.10. The van der Waals surface area contributed by atoms with Crippen molar-refractivity contribution in [1.29, 1.82) is 10.8 Å². The molecule has 0 rings (SSSR count). The molecule has 0 fully saturated rings. The van der Waals surface area contributed by atoms with E-state index in [2.05, 4.69) is 0 Å². The fraction of sp³-hybridized carbons (Fsp3) is 0.750. The summed E-state index contributed by atoms with van der Waals surface area (Å²) in [4.78, 5) is 0. The maximum atomic E-state index is 9.41. The van der Waals surface area contributed by atoms with Crippen LogP contribution >= 0.6 is 0 Å². The molecular weight excluding hydrogens is 248 g/mol. The quantitative estimate of drug-likeness (QED) is 0.158. The molecule has 0 spiro atoms. The van der Waals surface area contributed by atoms with Crippen LogP contribution in [0.3, 0.4) is 0 Å². The number of nitrogens with two attached hydrogens (primary N) is 2. The average Bonchev–Trinajstić information content (AvgIpc) is 2.32. The van der Waals surface area contributed by atoms with Gasteiger partial charge in [0.15, 0.2) is 0 Å². The Morgan fingerprint density at radius 3 is 1.00 bits per heavy atom. The molecule has 0 saturated carbocycles. The zero-order valence-corrected chi connectivity index (χ0v) is 9.30. The van der Waals surface area contributed by atoms with Gasteiger partial charge in [-0.1, -0.05) is 0 Å². The summed E-state index contributed by atoms with van der Waals surface area (Å²) in [5.74, 6) is -1.70. The first kappa shape index (κ1) is 16.7. The molecule has 0 aliphatic rings. The third kappa shape index (κ3) is 3.87. The van der Waals surface area contributed by atoms with Gasteiger partial charge >= 0.3 is 0 Å². The Morgan fingerprint density at radius 1 is 0.611 bits per heavy atom. The van der Waals surface area contributed by atoms with E-state index in [9.17, 15) is 20.4 Å². The lowest BCUT2D eigenvalue weighted by molar-refractivity contribution is -0.137. The second-order valence-electron chi connectivity index (χ2n) is 3.76. The molecule has 0 aliphatic heterocycles. The first-order valence-corrected chi connectivity index (χ1v) is 4.87. The number of amidine groups is 2. The topological polar surface area (TPSA) is 221 Å². The fourth-order valence-corrected chi connectivity index (χ4v) is 1.15. The zero-order chi connectivity index (χ0) is 14.6. The Labute approximate surface area is 102 Å². The van der Waals surface area contributed by atoms with E-state index in [4.69, 9.17) is 32.5 Å². The predicted molar refractivity (Wildman–Crippen MR) is 59.9 cm³/mol. The summed E-state index contributed by atoms with van der Waals surface area (Å²) in [5, 5.41) is 69.5. The number of nitrogens with one attached hydrogen (secondary N) is 2. The van der Waals surface area contributed by atoms with E-state index in [1.807, 2.05) is 0 Å². The fourth-order valence-electron chi connectivity index (χ4n) is 1.15. The van der Waals surface area contributed by atoms with E-state index >= 15 is 0 Å². The molecule has 0 saturated heterocycles. The molecule has 0 aromatic rings. The van der Waals surface area contributed by atoms with Crippen molar-refractivity contribution >= 4 is 11.7 Å². The van der Waals surface area contributed by atoms with Gasteiger partial charge in [-0.3, -0.25) is 10.8 Å². The minimum Gasteiger partial charge on any atom is -0.387 e. The first-order valence-electron chi connectivity index (χ1n) is 4.87. The van der Waals surface area contributed by atoms with E-state index in [0.717, 1.165) is 0 Å². The Kier molecular flexibility index (Phi) is 6.11. The Bertz CT molecular complexity index is 284. The monoisotopic (exact) mass is 266 g/mol. The molecule has 12 N–H and O–H groups in total. The van der Waals surface area contributed by atoms with Gasteiger partial charge in [-0.15, -0.1) is 0 Å². The SMILES string of the molecule is N=C(N)C(O)[C@@H](O)[C@H](O)[C@H](O)[C@@H](O)C(O)C(=N)N. The van der Waals surface area contributed by atoms with Gasteiger partial charge in [0, 0.05) is 0 Å². The first-order chi connectivity index (χ1) is 8.11. The number of hydrogen-bond donors (Lipinski definition) is 10. The second-order valence-corrected chi connectivity index (χ2v) is 3.76. The van der Waals surface area contributed by atoms with E-state index in [1.165, 1.54) is 0 Å². The van der Waals surface area contributed by atoms with Gasteiger partial charge in [0.25, 0.3) is 0 Å². The van der Waals surface area contributed by atoms with Gasteiger partial charge in [0.2, 0.25) is 0 Å². The normalized spacial score (nSPS) is 21.4. The van der Waals surface area contributed by atoms with Crippen molar-refractivity contribution in [2.45, 2.75) is 36.6 Å². The Morgan fingerprint density at radius 2 is 0.833 bits per heavy atom. The summed E-state index contributed by atoms with van der Waals surface area (Å²) in [6.45, 7) is 0. The van der Waals surface area contributed by atoms with Crippen LogP contribution in [0, 0.1) is 10.8 Å². The van der Waals surface area contributed by atoms with E-state index < -0.39 is 48.3 Å². The highest BCUT2D eigenvalue weighted by molar-refractivity contribution is 5.82. The van der Waals surface area contributed by atoms with E-state index in [0.29, 0.717) is 0 Å². The van der Waals surface area contributed by atoms with Crippen molar-refractivity contribution in [3.05, 3.63) is 0 Å². The summed E-state index contributed by atoms with van der Waals surface area (Å²) in [6.07, 6.45) is -12.2. The van der Waals surface area contributed by atoms with Crippen LogP contribution in [0.25, 0.3) is 0 Å². The molecule has 10 heteroatoms. The predicted octanol–water partition coefficient (Wildman–Crippen LogP) is -4.98. The zero-order valence-electron chi connectivity index (χ0n) is 9.30. The molecule has 0 amide bonds. The molecule has 0 aromatic carbocycles. The standard InChI is InChI=1S/C8H18N4O6/c9-7(10)5(17)3(15)1(13)2(14)4(16)6(18)8(11)12/h1-6,13-18H,(H3,9,10)(H3,11,12)/t1-,2+,3+,4-,5?,6?. The lowest BCUT2D eigenvalue weighted by Gasteiger charge is -2.30. The summed E-state index contributed by atoms with van der Waals surface area (Å²) in [6, 6.07) is 0. The molecule has 18 heavy (non-hydrogen) atoms. The van der Waals surface area contributed by atoms with Crippen LogP contribution in [0.4, 0.5) is 0 Å². The molecule has 2 unspecified atom stereocenters. The Hall–Kier alpha value is -1.30. The summed E-state index contributed by atoms with van der Waals surface area (Å²) in [7, 11) is 0. The van der Waals surface area contributed by atoms with Gasteiger partial charge in [-0.05, 0) is 0 Å². The highest BCUT2D eigenvalue weighted by Gasteiger charge is 2.38. The minimum absolute atomic E-state index is 0.852. The number of hydrogen-bond acceptors (Lipinski definition) is 8. The van der Waals surface area contributed by atoms with Crippen LogP contribution in [0.5, 0.6) is 0 Å². The molecule has 0 aromatic heterocycles. The Balaban J connectivity index is 4.72. The van der Waals surface area contributed by atoms with Gasteiger partial charge in [0.05, 0.1) is 0 Å². The number of aliphatic hydroxyl groups is 6. The number of aliphatic hydroxyl groups excluding tert-OH is 6.